The Bertz CT molecular complexity index is 1610. The fraction of sp³-hybridized carbons (Fsp3) is 0.300. The molecule has 1 aliphatic carbocycles. The number of fused-ring (bicyclic) bond motifs is 2. The van der Waals surface area contributed by atoms with Crippen LogP contribution in [0.1, 0.15) is 19.3 Å². The number of hydrogen-bond acceptors (Lipinski definition) is 4. The summed E-state index contributed by atoms with van der Waals surface area (Å²) in [7, 11) is 1.69. The van der Waals surface area contributed by atoms with Gasteiger partial charge in [0.05, 0.1) is 29.9 Å². The summed E-state index contributed by atoms with van der Waals surface area (Å²) in [6.45, 7) is 2.51. The molecule has 2 aromatic heterocycles. The van der Waals surface area contributed by atoms with Crippen molar-refractivity contribution in [3.8, 4) is 28.3 Å². The average Bonchev–Trinajstić information content (AvgIpc) is 3.33. The minimum absolute atomic E-state index is 0.278. The molecule has 0 unspecified atom stereocenters. The third-order valence-corrected chi connectivity index (χ3v) is 7.84. The second kappa shape index (κ2) is 8.76. The van der Waals surface area contributed by atoms with Gasteiger partial charge in [-0.3, -0.25) is 9.89 Å². The van der Waals surface area contributed by atoms with Crippen LogP contribution in [0.3, 0.4) is 0 Å². The number of aromatic amines is 1. The lowest BCUT2D eigenvalue weighted by molar-refractivity contribution is -0.131. The van der Waals surface area contributed by atoms with Crippen molar-refractivity contribution in [1.82, 2.24) is 24.6 Å². The lowest BCUT2D eigenvalue weighted by atomic mass is 10.0. The summed E-state index contributed by atoms with van der Waals surface area (Å²) in [5, 5.41) is 8.29. The Balaban J connectivity index is 1.22. The van der Waals surface area contributed by atoms with Gasteiger partial charge in [0.2, 0.25) is 5.91 Å². The van der Waals surface area contributed by atoms with E-state index < -0.39 is 0 Å². The molecule has 3 heterocycles. The van der Waals surface area contributed by atoms with Crippen LogP contribution in [0.4, 0.5) is 0 Å². The van der Waals surface area contributed by atoms with Gasteiger partial charge in [-0.2, -0.15) is 5.10 Å². The SMILES string of the molecule is COc1ccc2nc(-c3ccc(-c4ccc5cn[nH]c5c4)cc3)n(C[C@@H]3CCN(C(=O)C4CC4)C3)c2c1. The third kappa shape index (κ3) is 4.04. The summed E-state index contributed by atoms with van der Waals surface area (Å²) >= 11 is 0. The number of methoxy groups -OCH3 is 1. The zero-order valence-corrected chi connectivity index (χ0v) is 20.9. The van der Waals surface area contributed by atoms with E-state index in [1.807, 2.05) is 18.3 Å². The Morgan fingerprint density at radius 3 is 2.62 bits per heavy atom. The number of amides is 1. The summed E-state index contributed by atoms with van der Waals surface area (Å²) in [6, 6.07) is 21.0. The molecule has 1 aliphatic heterocycles. The Hall–Kier alpha value is -4.13. The summed E-state index contributed by atoms with van der Waals surface area (Å²) in [6.07, 6.45) is 4.98. The van der Waals surface area contributed by atoms with E-state index in [1.165, 1.54) is 0 Å². The molecule has 186 valence electrons. The maximum atomic E-state index is 12.6. The zero-order chi connectivity index (χ0) is 24.9. The molecule has 2 fully saturated rings. The van der Waals surface area contributed by atoms with Crippen molar-refractivity contribution in [2.45, 2.75) is 25.8 Å². The Labute approximate surface area is 215 Å². The second-order valence-corrected chi connectivity index (χ2v) is 10.4. The van der Waals surface area contributed by atoms with Crippen LogP contribution in [0.5, 0.6) is 5.75 Å². The number of hydrogen-bond donors (Lipinski definition) is 1. The van der Waals surface area contributed by atoms with Crippen molar-refractivity contribution in [2.75, 3.05) is 20.2 Å². The predicted octanol–water partition coefficient (Wildman–Crippen LogP) is 5.51. The van der Waals surface area contributed by atoms with E-state index in [2.05, 4.69) is 68.2 Å². The minimum Gasteiger partial charge on any atom is -0.497 e. The van der Waals surface area contributed by atoms with Crippen LogP contribution in [0.25, 0.3) is 44.5 Å². The van der Waals surface area contributed by atoms with Gasteiger partial charge in [0.25, 0.3) is 0 Å². The standard InChI is InChI=1S/C30H29N5O2/c1-37-25-10-11-26-28(15-25)35(18-19-12-13-34(17-19)30(36)22-6-7-22)29(32-26)21-4-2-20(3-5-21)23-8-9-24-16-31-33-27(24)14-23/h2-5,8-11,14-16,19,22H,6-7,12-13,17-18H2,1H3,(H,31,33)/t19-/m1/s1. The first-order valence-corrected chi connectivity index (χ1v) is 13.0. The lowest BCUT2D eigenvalue weighted by Crippen LogP contribution is -2.30. The van der Waals surface area contributed by atoms with E-state index in [-0.39, 0.29) is 5.92 Å². The number of carbonyl (C=O) groups is 1. The summed E-state index contributed by atoms with van der Waals surface area (Å²) in [5.41, 5.74) is 6.42. The minimum atomic E-state index is 0.278. The molecular formula is C30H29N5O2. The van der Waals surface area contributed by atoms with Gasteiger partial charge in [0.1, 0.15) is 11.6 Å². The molecule has 1 atom stereocenters. The topological polar surface area (TPSA) is 76.0 Å². The number of imidazole rings is 1. The summed E-state index contributed by atoms with van der Waals surface area (Å²) < 4.78 is 7.85. The molecular weight excluding hydrogens is 462 g/mol. The van der Waals surface area contributed by atoms with E-state index in [4.69, 9.17) is 9.72 Å². The van der Waals surface area contributed by atoms with E-state index in [1.54, 1.807) is 7.11 Å². The van der Waals surface area contributed by atoms with Crippen LogP contribution in [0, 0.1) is 11.8 Å². The predicted molar refractivity (Wildman–Crippen MR) is 144 cm³/mol. The van der Waals surface area contributed by atoms with Gasteiger partial charge < -0.3 is 14.2 Å². The zero-order valence-electron chi connectivity index (χ0n) is 20.9. The molecule has 0 radical (unpaired) electrons. The number of aromatic nitrogens is 4. The number of likely N-dealkylation sites (tertiary alicyclic amines) is 1. The van der Waals surface area contributed by atoms with Gasteiger partial charge in [-0.05, 0) is 54.5 Å². The molecule has 0 spiro atoms. The van der Waals surface area contributed by atoms with Gasteiger partial charge in [-0.25, -0.2) is 4.98 Å². The third-order valence-electron chi connectivity index (χ3n) is 7.84. The maximum absolute atomic E-state index is 12.6. The Kier molecular flexibility index (Phi) is 5.23. The van der Waals surface area contributed by atoms with E-state index in [0.717, 1.165) is 89.1 Å². The number of nitrogens with zero attached hydrogens (tertiary/aromatic N) is 4. The van der Waals surface area contributed by atoms with Crippen LogP contribution >= 0.6 is 0 Å². The van der Waals surface area contributed by atoms with Crippen LogP contribution in [0.15, 0.2) is 66.9 Å². The molecule has 7 heteroatoms. The van der Waals surface area contributed by atoms with Crippen molar-refractivity contribution >= 4 is 27.8 Å². The number of nitrogens with one attached hydrogen (secondary N) is 1. The molecule has 7 rings (SSSR count). The highest BCUT2D eigenvalue weighted by atomic mass is 16.5. The number of H-pyrrole nitrogens is 1. The average molecular weight is 492 g/mol. The van der Waals surface area contributed by atoms with Crippen LogP contribution in [-0.4, -0.2) is 50.8 Å². The van der Waals surface area contributed by atoms with Gasteiger partial charge in [0.15, 0.2) is 0 Å². The van der Waals surface area contributed by atoms with Crippen molar-refractivity contribution in [1.29, 1.82) is 0 Å². The molecule has 5 aromatic rings. The lowest BCUT2D eigenvalue weighted by Gasteiger charge is -2.18. The Morgan fingerprint density at radius 2 is 1.81 bits per heavy atom. The fourth-order valence-corrected chi connectivity index (χ4v) is 5.59. The normalized spacial score (nSPS) is 17.6. The number of rotatable bonds is 6. The highest BCUT2D eigenvalue weighted by Gasteiger charge is 2.36. The van der Waals surface area contributed by atoms with Gasteiger partial charge in [0, 0.05) is 42.6 Å². The molecule has 2 aliphatic rings. The highest BCUT2D eigenvalue weighted by Crippen LogP contribution is 2.35. The first-order chi connectivity index (χ1) is 18.2. The van der Waals surface area contributed by atoms with Crippen molar-refractivity contribution in [3.63, 3.8) is 0 Å². The summed E-state index contributed by atoms with van der Waals surface area (Å²) in [4.78, 5) is 19.7. The fourth-order valence-electron chi connectivity index (χ4n) is 5.59. The van der Waals surface area contributed by atoms with E-state index >= 15 is 0 Å². The smallest absolute Gasteiger partial charge is 0.225 e. The maximum Gasteiger partial charge on any atom is 0.225 e. The number of carbonyl (C=O) groups excluding carboxylic acids is 1. The highest BCUT2D eigenvalue weighted by molar-refractivity contribution is 5.85. The molecule has 7 nitrogen and oxygen atoms in total. The first kappa shape index (κ1) is 22.1. The van der Waals surface area contributed by atoms with Gasteiger partial charge in [-0.1, -0.05) is 36.4 Å². The number of benzene rings is 3. The monoisotopic (exact) mass is 491 g/mol. The van der Waals surface area contributed by atoms with E-state index in [9.17, 15) is 4.79 Å². The quantitative estimate of drug-likeness (QED) is 0.340. The van der Waals surface area contributed by atoms with Gasteiger partial charge >= 0.3 is 0 Å². The molecule has 37 heavy (non-hydrogen) atoms. The molecule has 1 saturated heterocycles. The molecule has 0 bridgehead atoms. The second-order valence-electron chi connectivity index (χ2n) is 10.4. The first-order valence-electron chi connectivity index (χ1n) is 13.0. The van der Waals surface area contributed by atoms with Crippen LogP contribution < -0.4 is 4.74 Å². The van der Waals surface area contributed by atoms with Gasteiger partial charge in [-0.15, -0.1) is 0 Å². The van der Waals surface area contributed by atoms with Crippen molar-refractivity contribution < 1.29 is 9.53 Å². The molecule has 1 N–H and O–H groups in total. The molecule has 3 aromatic carbocycles. The van der Waals surface area contributed by atoms with E-state index in [0.29, 0.717) is 11.8 Å². The largest absolute Gasteiger partial charge is 0.497 e. The van der Waals surface area contributed by atoms with Crippen molar-refractivity contribution in [3.05, 3.63) is 66.9 Å². The molecule has 1 saturated carbocycles. The Morgan fingerprint density at radius 1 is 1.00 bits per heavy atom. The summed E-state index contributed by atoms with van der Waals surface area (Å²) in [5.74, 6) is 2.81. The van der Waals surface area contributed by atoms with Crippen LogP contribution in [0.2, 0.25) is 0 Å². The van der Waals surface area contributed by atoms with Crippen LogP contribution in [-0.2, 0) is 11.3 Å². The number of ether oxygens (including phenoxy) is 1. The van der Waals surface area contributed by atoms with Crippen molar-refractivity contribution in [2.24, 2.45) is 11.8 Å². The molecule has 1 amide bonds.